The molecule has 1 aromatic rings. The minimum atomic E-state index is -4.59. The minimum Gasteiger partial charge on any atom is -0.356 e. The molecular formula is C19H30F4N4. The van der Waals surface area contributed by atoms with Crippen molar-refractivity contribution in [1.82, 2.24) is 15.5 Å². The van der Waals surface area contributed by atoms with Crippen LogP contribution in [0.4, 0.5) is 17.6 Å². The number of hydrogen-bond acceptors (Lipinski definition) is 2. The molecule has 0 amide bonds. The summed E-state index contributed by atoms with van der Waals surface area (Å²) in [6.45, 7) is 1.71. The predicted octanol–water partition coefficient (Wildman–Crippen LogP) is 4.02. The smallest absolute Gasteiger partial charge is 0.356 e. The van der Waals surface area contributed by atoms with E-state index in [0.29, 0.717) is 18.6 Å². The zero-order chi connectivity index (χ0) is 20.3. The average molecular weight is 390 g/mol. The minimum absolute atomic E-state index is 0.0206. The molecule has 0 unspecified atom stereocenters. The van der Waals surface area contributed by atoms with Crippen LogP contribution in [0.2, 0.25) is 0 Å². The highest BCUT2D eigenvalue weighted by Gasteiger charge is 2.33. The van der Waals surface area contributed by atoms with Crippen molar-refractivity contribution in [1.29, 1.82) is 0 Å². The molecule has 2 N–H and O–H groups in total. The summed E-state index contributed by atoms with van der Waals surface area (Å²) >= 11 is 0. The summed E-state index contributed by atoms with van der Waals surface area (Å²) in [5.74, 6) is -0.473. The average Bonchev–Trinajstić information content (AvgIpc) is 2.59. The summed E-state index contributed by atoms with van der Waals surface area (Å²) in [6.07, 6.45) is 0.994. The molecule has 0 heterocycles. The van der Waals surface area contributed by atoms with Gasteiger partial charge in [-0.25, -0.2) is 4.39 Å². The van der Waals surface area contributed by atoms with Crippen molar-refractivity contribution < 1.29 is 17.6 Å². The van der Waals surface area contributed by atoms with Crippen molar-refractivity contribution in [2.45, 2.75) is 44.8 Å². The summed E-state index contributed by atoms with van der Waals surface area (Å²) in [7, 11) is 5.68. The molecule has 0 aliphatic heterocycles. The van der Waals surface area contributed by atoms with E-state index in [4.69, 9.17) is 0 Å². The molecule has 4 nitrogen and oxygen atoms in total. The Labute approximate surface area is 159 Å². The largest absolute Gasteiger partial charge is 0.416 e. The van der Waals surface area contributed by atoms with Gasteiger partial charge in [0.25, 0.3) is 0 Å². The molecule has 0 bridgehead atoms. The second-order valence-electron chi connectivity index (χ2n) is 6.72. The summed E-state index contributed by atoms with van der Waals surface area (Å²) in [5, 5.41) is 5.95. The lowest BCUT2D eigenvalue weighted by Crippen LogP contribution is -2.37. The van der Waals surface area contributed by atoms with E-state index in [0.717, 1.165) is 37.9 Å². The molecule has 0 spiro atoms. The maximum atomic E-state index is 13.1. The normalized spacial score (nSPS) is 12.5. The maximum Gasteiger partial charge on any atom is 0.416 e. The lowest BCUT2D eigenvalue weighted by molar-refractivity contribution is -0.138. The first-order valence-corrected chi connectivity index (χ1v) is 9.19. The molecule has 8 heteroatoms. The fourth-order valence-corrected chi connectivity index (χ4v) is 2.66. The number of halogens is 4. The standard InChI is InChI=1S/C19H30F4N4/c1-24-18(25-11-7-5-4-6-8-12-27(2)3)26-14-15-9-10-16(20)13-17(15)19(21,22)23/h9-10,13H,4-8,11-12,14H2,1-3H3,(H2,24,25,26). The van der Waals surface area contributed by atoms with Crippen LogP contribution in [0.1, 0.15) is 43.2 Å². The van der Waals surface area contributed by atoms with Gasteiger partial charge >= 0.3 is 6.18 Å². The van der Waals surface area contributed by atoms with Gasteiger partial charge in [0.2, 0.25) is 0 Å². The van der Waals surface area contributed by atoms with Crippen molar-refractivity contribution in [2.24, 2.45) is 4.99 Å². The van der Waals surface area contributed by atoms with Gasteiger partial charge in [-0.2, -0.15) is 13.2 Å². The molecule has 0 saturated heterocycles. The van der Waals surface area contributed by atoms with E-state index in [9.17, 15) is 17.6 Å². The summed E-state index contributed by atoms with van der Waals surface area (Å²) in [4.78, 5) is 6.18. The highest BCUT2D eigenvalue weighted by Crippen LogP contribution is 2.32. The fraction of sp³-hybridized carbons (Fsp3) is 0.632. The molecule has 0 aliphatic rings. The van der Waals surface area contributed by atoms with Crippen molar-refractivity contribution in [2.75, 3.05) is 34.2 Å². The third-order valence-electron chi connectivity index (χ3n) is 4.12. The van der Waals surface area contributed by atoms with Crippen LogP contribution in [-0.4, -0.2) is 45.1 Å². The van der Waals surface area contributed by atoms with E-state index in [1.165, 1.54) is 12.8 Å². The molecule has 0 saturated carbocycles. The Morgan fingerprint density at radius 2 is 1.70 bits per heavy atom. The number of nitrogens with one attached hydrogen (secondary N) is 2. The van der Waals surface area contributed by atoms with Gasteiger partial charge in [-0.15, -0.1) is 0 Å². The van der Waals surface area contributed by atoms with Crippen LogP contribution in [-0.2, 0) is 12.7 Å². The van der Waals surface area contributed by atoms with Gasteiger partial charge in [0.15, 0.2) is 5.96 Å². The molecule has 0 atom stereocenters. The Bertz CT molecular complexity index is 586. The van der Waals surface area contributed by atoms with E-state index < -0.39 is 17.6 Å². The van der Waals surface area contributed by atoms with Crippen molar-refractivity contribution in [3.05, 3.63) is 35.1 Å². The van der Waals surface area contributed by atoms with E-state index >= 15 is 0 Å². The predicted molar refractivity (Wildman–Crippen MR) is 101 cm³/mol. The molecule has 1 aromatic carbocycles. The number of nitrogens with zero attached hydrogens (tertiary/aromatic N) is 2. The highest BCUT2D eigenvalue weighted by molar-refractivity contribution is 5.79. The first-order chi connectivity index (χ1) is 12.7. The molecule has 0 fully saturated rings. The van der Waals surface area contributed by atoms with E-state index in [1.54, 1.807) is 7.05 Å². The third kappa shape index (κ3) is 9.60. The number of rotatable bonds is 10. The Morgan fingerprint density at radius 3 is 2.33 bits per heavy atom. The SMILES string of the molecule is CN=C(NCCCCCCCN(C)C)NCc1ccc(F)cc1C(F)(F)F. The lowest BCUT2D eigenvalue weighted by Gasteiger charge is -2.16. The van der Waals surface area contributed by atoms with Gasteiger partial charge in [-0.3, -0.25) is 4.99 Å². The van der Waals surface area contributed by atoms with Crippen molar-refractivity contribution in [3.8, 4) is 0 Å². The first-order valence-electron chi connectivity index (χ1n) is 9.19. The van der Waals surface area contributed by atoms with Crippen LogP contribution in [0.25, 0.3) is 0 Å². The number of hydrogen-bond donors (Lipinski definition) is 2. The van der Waals surface area contributed by atoms with Gasteiger partial charge in [0.1, 0.15) is 5.82 Å². The molecule has 154 valence electrons. The van der Waals surface area contributed by atoms with Gasteiger partial charge in [0, 0.05) is 20.1 Å². The van der Waals surface area contributed by atoms with Crippen LogP contribution < -0.4 is 10.6 Å². The number of benzene rings is 1. The Kier molecular flexibility index (Phi) is 10.1. The molecule has 0 aliphatic carbocycles. The first kappa shape index (κ1) is 23.2. The lowest BCUT2D eigenvalue weighted by atomic mass is 10.1. The second kappa shape index (κ2) is 11.8. The van der Waals surface area contributed by atoms with Crippen LogP contribution in [0.3, 0.4) is 0 Å². The molecule has 0 radical (unpaired) electrons. The molecule has 27 heavy (non-hydrogen) atoms. The summed E-state index contributed by atoms with van der Waals surface area (Å²) in [6, 6.07) is 2.69. The fourth-order valence-electron chi connectivity index (χ4n) is 2.66. The van der Waals surface area contributed by atoms with Gasteiger partial charge in [0.05, 0.1) is 5.56 Å². The monoisotopic (exact) mass is 390 g/mol. The number of guanidine groups is 1. The van der Waals surface area contributed by atoms with Crippen LogP contribution in [0.5, 0.6) is 0 Å². The van der Waals surface area contributed by atoms with Crippen molar-refractivity contribution in [3.63, 3.8) is 0 Å². The molecular weight excluding hydrogens is 360 g/mol. The number of unbranched alkanes of at least 4 members (excludes halogenated alkanes) is 4. The van der Waals surface area contributed by atoms with E-state index in [2.05, 4.69) is 34.6 Å². The second-order valence-corrected chi connectivity index (χ2v) is 6.72. The van der Waals surface area contributed by atoms with Gasteiger partial charge in [-0.05, 0) is 51.2 Å². The maximum absolute atomic E-state index is 13.1. The van der Waals surface area contributed by atoms with E-state index in [-0.39, 0.29) is 12.1 Å². The highest BCUT2D eigenvalue weighted by atomic mass is 19.4. The van der Waals surface area contributed by atoms with Gasteiger partial charge < -0.3 is 15.5 Å². The van der Waals surface area contributed by atoms with Gasteiger partial charge in [-0.1, -0.05) is 25.3 Å². The Hall–Kier alpha value is -1.83. The number of alkyl halides is 3. The molecule has 0 aromatic heterocycles. The van der Waals surface area contributed by atoms with Crippen molar-refractivity contribution >= 4 is 5.96 Å². The van der Waals surface area contributed by atoms with Crippen LogP contribution >= 0.6 is 0 Å². The van der Waals surface area contributed by atoms with Crippen LogP contribution in [0.15, 0.2) is 23.2 Å². The Morgan fingerprint density at radius 1 is 1.04 bits per heavy atom. The third-order valence-corrected chi connectivity index (χ3v) is 4.12. The van der Waals surface area contributed by atoms with Crippen LogP contribution in [0, 0.1) is 5.82 Å². The zero-order valence-electron chi connectivity index (χ0n) is 16.3. The van der Waals surface area contributed by atoms with E-state index in [1.807, 2.05) is 0 Å². The summed E-state index contributed by atoms with van der Waals surface area (Å²) < 4.78 is 52.2. The zero-order valence-corrected chi connectivity index (χ0v) is 16.3. The Balaban J connectivity index is 2.35. The quantitative estimate of drug-likeness (QED) is 0.274. The number of aliphatic imine (C=N–C) groups is 1. The molecule has 1 rings (SSSR count). The topological polar surface area (TPSA) is 39.7 Å². The summed E-state index contributed by atoms with van der Waals surface area (Å²) in [5.41, 5.74) is -0.990.